The molecule has 2 aromatic rings. The van der Waals surface area contributed by atoms with E-state index in [1.807, 2.05) is 50.4 Å². The molecule has 1 amide bonds. The van der Waals surface area contributed by atoms with Gasteiger partial charge in [0.05, 0.1) is 24.1 Å². The Labute approximate surface area is 150 Å². The molecule has 0 aromatic heterocycles. The van der Waals surface area contributed by atoms with Crippen molar-refractivity contribution < 1.29 is 14.3 Å². The predicted molar refractivity (Wildman–Crippen MR) is 98.2 cm³/mol. The molecule has 0 fully saturated rings. The van der Waals surface area contributed by atoms with Crippen LogP contribution in [0.5, 0.6) is 11.5 Å². The van der Waals surface area contributed by atoms with Crippen LogP contribution in [0, 0.1) is 0 Å². The third-order valence-electron chi connectivity index (χ3n) is 4.32. The van der Waals surface area contributed by atoms with Crippen molar-refractivity contribution in [3.8, 4) is 11.5 Å². The molecule has 2 aromatic carbocycles. The Kier molecular flexibility index (Phi) is 4.81. The molecule has 0 N–H and O–H groups in total. The topological polar surface area (TPSA) is 38.8 Å². The lowest BCUT2D eigenvalue weighted by atomic mass is 9.93. The zero-order chi connectivity index (χ0) is 17.3. The van der Waals surface area contributed by atoms with E-state index in [1.165, 1.54) is 0 Å². The van der Waals surface area contributed by atoms with Crippen molar-refractivity contribution in [2.45, 2.75) is 19.3 Å². The number of anilines is 1. The highest BCUT2D eigenvalue weighted by Crippen LogP contribution is 2.41. The normalized spacial score (nSPS) is 16.2. The van der Waals surface area contributed by atoms with E-state index >= 15 is 0 Å². The van der Waals surface area contributed by atoms with Gasteiger partial charge in [-0.3, -0.25) is 4.79 Å². The van der Waals surface area contributed by atoms with Crippen LogP contribution < -0.4 is 14.4 Å². The van der Waals surface area contributed by atoms with Gasteiger partial charge in [0.25, 0.3) is 0 Å². The lowest BCUT2D eigenvalue weighted by molar-refractivity contribution is -0.119. The van der Waals surface area contributed by atoms with Gasteiger partial charge in [0.2, 0.25) is 5.91 Å². The molecule has 1 atom stereocenters. The molecule has 0 bridgehead atoms. The number of para-hydroxylation sites is 1. The van der Waals surface area contributed by atoms with Crippen molar-refractivity contribution in [3.05, 3.63) is 52.0 Å². The van der Waals surface area contributed by atoms with E-state index in [9.17, 15) is 4.79 Å². The monoisotopic (exact) mass is 389 g/mol. The number of carbonyl (C=O) groups excluding carboxylic acids is 1. The van der Waals surface area contributed by atoms with Gasteiger partial charge in [-0.1, -0.05) is 18.2 Å². The molecular weight excluding hydrogens is 370 g/mol. The van der Waals surface area contributed by atoms with Crippen LogP contribution in [0.15, 0.2) is 40.9 Å². The second kappa shape index (κ2) is 6.85. The number of fused-ring (bicyclic) bond motifs is 1. The molecule has 5 heteroatoms. The molecule has 1 heterocycles. The van der Waals surface area contributed by atoms with Gasteiger partial charge in [-0.05, 0) is 58.6 Å². The maximum Gasteiger partial charge on any atom is 0.234 e. The van der Waals surface area contributed by atoms with Gasteiger partial charge in [-0.2, -0.15) is 0 Å². The van der Waals surface area contributed by atoms with E-state index in [4.69, 9.17) is 9.47 Å². The summed E-state index contributed by atoms with van der Waals surface area (Å²) in [5.74, 6) is 1.33. The zero-order valence-corrected chi connectivity index (χ0v) is 15.6. The number of likely N-dealkylation sites (N-methyl/N-ethyl adjacent to an activating group) is 1. The van der Waals surface area contributed by atoms with Crippen molar-refractivity contribution in [3.63, 3.8) is 0 Å². The molecular formula is C19H20BrNO3. The van der Waals surface area contributed by atoms with Crippen molar-refractivity contribution in [1.29, 1.82) is 0 Å². The standard InChI is InChI=1S/C19H20BrNO3/c1-4-24-18-15(20)10-12(11-17(18)23-3)9-14-13-7-5-6-8-16(13)21(2)19(14)22/h5-8,10-11,14H,4,9H2,1-3H3/t14-/m0/s1. The average molecular weight is 390 g/mol. The minimum Gasteiger partial charge on any atom is -0.493 e. The summed E-state index contributed by atoms with van der Waals surface area (Å²) in [7, 11) is 3.45. The van der Waals surface area contributed by atoms with Crippen molar-refractivity contribution in [2.75, 3.05) is 25.7 Å². The molecule has 1 aliphatic rings. The Balaban J connectivity index is 1.94. The van der Waals surface area contributed by atoms with Gasteiger partial charge in [-0.25, -0.2) is 0 Å². The first kappa shape index (κ1) is 16.8. The molecule has 1 aliphatic heterocycles. The fourth-order valence-electron chi connectivity index (χ4n) is 3.18. The third-order valence-corrected chi connectivity index (χ3v) is 4.91. The molecule has 0 saturated carbocycles. The lowest BCUT2D eigenvalue weighted by Gasteiger charge is -2.15. The average Bonchev–Trinajstić information content (AvgIpc) is 2.82. The molecule has 126 valence electrons. The quantitative estimate of drug-likeness (QED) is 0.770. The van der Waals surface area contributed by atoms with Crippen LogP contribution in [0.1, 0.15) is 24.0 Å². The molecule has 0 saturated heterocycles. The highest BCUT2D eigenvalue weighted by atomic mass is 79.9. The Bertz CT molecular complexity index is 775. The third kappa shape index (κ3) is 2.88. The van der Waals surface area contributed by atoms with Gasteiger partial charge in [0, 0.05) is 12.7 Å². The Morgan fingerprint density at radius 3 is 2.71 bits per heavy atom. The number of nitrogens with zero attached hydrogens (tertiary/aromatic N) is 1. The minimum atomic E-state index is -0.166. The fourth-order valence-corrected chi connectivity index (χ4v) is 3.79. The van der Waals surface area contributed by atoms with Crippen LogP contribution in [0.3, 0.4) is 0 Å². The van der Waals surface area contributed by atoms with E-state index in [0.29, 0.717) is 24.5 Å². The number of hydrogen-bond acceptors (Lipinski definition) is 3. The van der Waals surface area contributed by atoms with Crippen LogP contribution in [-0.2, 0) is 11.2 Å². The largest absolute Gasteiger partial charge is 0.493 e. The Hall–Kier alpha value is -2.01. The predicted octanol–water partition coefficient (Wildman–Crippen LogP) is 4.16. The van der Waals surface area contributed by atoms with Crippen LogP contribution in [-0.4, -0.2) is 26.7 Å². The number of amides is 1. The Morgan fingerprint density at radius 1 is 1.25 bits per heavy atom. The summed E-state index contributed by atoms with van der Waals surface area (Å²) in [5, 5.41) is 0. The smallest absolute Gasteiger partial charge is 0.234 e. The van der Waals surface area contributed by atoms with E-state index < -0.39 is 0 Å². The Morgan fingerprint density at radius 2 is 2.00 bits per heavy atom. The summed E-state index contributed by atoms with van der Waals surface area (Å²) < 4.78 is 11.9. The second-order valence-electron chi connectivity index (χ2n) is 5.75. The molecule has 0 spiro atoms. The van der Waals surface area contributed by atoms with Crippen LogP contribution in [0.2, 0.25) is 0 Å². The number of hydrogen-bond donors (Lipinski definition) is 0. The minimum absolute atomic E-state index is 0.125. The molecule has 0 aliphatic carbocycles. The molecule has 4 nitrogen and oxygen atoms in total. The van der Waals surface area contributed by atoms with Gasteiger partial charge in [0.1, 0.15) is 0 Å². The first-order valence-corrected chi connectivity index (χ1v) is 8.71. The number of carbonyl (C=O) groups is 1. The van der Waals surface area contributed by atoms with Crippen molar-refractivity contribution in [1.82, 2.24) is 0 Å². The van der Waals surface area contributed by atoms with Gasteiger partial charge in [0.15, 0.2) is 11.5 Å². The highest BCUT2D eigenvalue weighted by molar-refractivity contribution is 9.10. The fraction of sp³-hybridized carbons (Fsp3) is 0.316. The number of rotatable bonds is 5. The summed E-state index contributed by atoms with van der Waals surface area (Å²) in [6, 6.07) is 11.9. The van der Waals surface area contributed by atoms with Gasteiger partial charge in [-0.15, -0.1) is 0 Å². The number of methoxy groups -OCH3 is 1. The second-order valence-corrected chi connectivity index (χ2v) is 6.61. The maximum absolute atomic E-state index is 12.6. The van der Waals surface area contributed by atoms with Crippen molar-refractivity contribution in [2.24, 2.45) is 0 Å². The van der Waals surface area contributed by atoms with E-state index in [0.717, 1.165) is 21.3 Å². The summed E-state index contributed by atoms with van der Waals surface area (Å²) >= 11 is 3.55. The number of ether oxygens (including phenoxy) is 2. The van der Waals surface area contributed by atoms with Crippen LogP contribution in [0.4, 0.5) is 5.69 Å². The van der Waals surface area contributed by atoms with Gasteiger partial charge >= 0.3 is 0 Å². The zero-order valence-electron chi connectivity index (χ0n) is 14.0. The summed E-state index contributed by atoms with van der Waals surface area (Å²) in [6.07, 6.45) is 0.627. The maximum atomic E-state index is 12.6. The first-order chi connectivity index (χ1) is 11.6. The van der Waals surface area contributed by atoms with Crippen molar-refractivity contribution >= 4 is 27.5 Å². The molecule has 3 rings (SSSR count). The summed E-state index contributed by atoms with van der Waals surface area (Å²) in [4.78, 5) is 14.4. The molecule has 0 radical (unpaired) electrons. The highest BCUT2D eigenvalue weighted by Gasteiger charge is 2.34. The number of benzene rings is 2. The molecule has 24 heavy (non-hydrogen) atoms. The first-order valence-electron chi connectivity index (χ1n) is 7.92. The van der Waals surface area contributed by atoms with E-state index in [2.05, 4.69) is 15.9 Å². The van der Waals surface area contributed by atoms with Crippen LogP contribution in [0.25, 0.3) is 0 Å². The van der Waals surface area contributed by atoms with Crippen LogP contribution >= 0.6 is 15.9 Å². The number of halogens is 1. The molecule has 0 unspecified atom stereocenters. The summed E-state index contributed by atoms with van der Waals surface area (Å²) in [5.41, 5.74) is 3.10. The summed E-state index contributed by atoms with van der Waals surface area (Å²) in [6.45, 7) is 2.50. The SMILES string of the molecule is CCOc1c(Br)cc(C[C@@H]2C(=O)N(C)c3ccccc32)cc1OC. The lowest BCUT2D eigenvalue weighted by Crippen LogP contribution is -2.24. The van der Waals surface area contributed by atoms with E-state index in [-0.39, 0.29) is 11.8 Å². The van der Waals surface area contributed by atoms with Gasteiger partial charge < -0.3 is 14.4 Å². The van der Waals surface area contributed by atoms with E-state index in [1.54, 1.807) is 12.0 Å².